The monoisotopic (exact) mass is 400 g/mol. The molecular weight excluding hydrogens is 376 g/mol. The van der Waals surface area contributed by atoms with Gasteiger partial charge in [0.25, 0.3) is 0 Å². The van der Waals surface area contributed by atoms with Gasteiger partial charge in [0, 0.05) is 24.8 Å². The summed E-state index contributed by atoms with van der Waals surface area (Å²) in [5.41, 5.74) is 2.55. The average Bonchev–Trinajstić information content (AvgIpc) is 3.33. The lowest BCUT2D eigenvalue weighted by Crippen LogP contribution is -2.31. The second-order valence-electron chi connectivity index (χ2n) is 7.00. The van der Waals surface area contributed by atoms with Crippen LogP contribution in [0.25, 0.3) is 22.6 Å². The number of hydrogen-bond acceptors (Lipinski definition) is 5. The fraction of sp³-hybridized carbons (Fsp3) is 0.400. The Kier molecular flexibility index (Phi) is 5.07. The lowest BCUT2D eigenvalue weighted by atomic mass is 10.2. The maximum absolute atomic E-state index is 12.5. The van der Waals surface area contributed by atoms with Crippen molar-refractivity contribution in [3.05, 3.63) is 42.6 Å². The van der Waals surface area contributed by atoms with Crippen molar-refractivity contribution in [2.45, 2.75) is 25.8 Å². The lowest BCUT2D eigenvalue weighted by Gasteiger charge is -2.18. The van der Waals surface area contributed by atoms with Crippen LogP contribution in [0.15, 0.2) is 42.6 Å². The highest BCUT2D eigenvalue weighted by Gasteiger charge is 2.34. The zero-order chi connectivity index (χ0) is 19.7. The maximum atomic E-state index is 12.5. The molecule has 1 aliphatic heterocycles. The van der Waals surface area contributed by atoms with E-state index in [1.54, 1.807) is 17.6 Å². The molecule has 1 aromatic carbocycles. The van der Waals surface area contributed by atoms with Crippen LogP contribution < -0.4 is 4.74 Å². The van der Waals surface area contributed by atoms with Crippen molar-refractivity contribution in [3.8, 4) is 17.1 Å². The van der Waals surface area contributed by atoms with Gasteiger partial charge in [-0.3, -0.25) is 0 Å². The van der Waals surface area contributed by atoms with E-state index in [1.807, 2.05) is 43.3 Å². The molecule has 3 aromatic rings. The summed E-state index contributed by atoms with van der Waals surface area (Å²) in [5, 5.41) is 0. The van der Waals surface area contributed by atoms with E-state index in [0.29, 0.717) is 19.5 Å². The number of aromatic nitrogens is 3. The highest BCUT2D eigenvalue weighted by Crippen LogP contribution is 2.33. The van der Waals surface area contributed by atoms with Gasteiger partial charge < -0.3 is 9.30 Å². The predicted octanol–water partition coefficient (Wildman–Crippen LogP) is 3.09. The number of pyridine rings is 1. The standard InChI is InChI=1S/C20H24N4O3S/c1-3-13-28(25,26)23-12-10-16(14-23)24-19(15-6-8-17(27-2)9-7-15)22-18-5-4-11-21-20(18)24/h4-9,11,16H,3,10,12-14H2,1-2H3/t16-/m1/s1. The van der Waals surface area contributed by atoms with Crippen LogP contribution in [0.2, 0.25) is 0 Å². The van der Waals surface area contributed by atoms with Crippen molar-refractivity contribution in [1.82, 2.24) is 18.8 Å². The van der Waals surface area contributed by atoms with Gasteiger partial charge in [-0.25, -0.2) is 18.4 Å². The van der Waals surface area contributed by atoms with E-state index in [0.717, 1.165) is 34.7 Å². The molecular formula is C20H24N4O3S. The summed E-state index contributed by atoms with van der Waals surface area (Å²) in [6, 6.07) is 11.5. The highest BCUT2D eigenvalue weighted by atomic mass is 32.2. The lowest BCUT2D eigenvalue weighted by molar-refractivity contribution is 0.415. The van der Waals surface area contributed by atoms with Crippen molar-refractivity contribution >= 4 is 21.2 Å². The molecule has 148 valence electrons. The van der Waals surface area contributed by atoms with Crippen molar-refractivity contribution in [2.24, 2.45) is 0 Å². The third-order valence-electron chi connectivity index (χ3n) is 5.14. The minimum atomic E-state index is -3.21. The van der Waals surface area contributed by atoms with Crippen LogP contribution in [0.5, 0.6) is 5.75 Å². The molecule has 3 heterocycles. The van der Waals surface area contributed by atoms with Crippen LogP contribution >= 0.6 is 0 Å². The summed E-state index contributed by atoms with van der Waals surface area (Å²) in [7, 11) is -1.57. The van der Waals surface area contributed by atoms with Crippen LogP contribution in [-0.2, 0) is 10.0 Å². The molecule has 1 fully saturated rings. The smallest absolute Gasteiger partial charge is 0.214 e. The third-order valence-corrected chi connectivity index (χ3v) is 7.19. The zero-order valence-corrected chi connectivity index (χ0v) is 16.9. The van der Waals surface area contributed by atoms with Gasteiger partial charge in [0.2, 0.25) is 10.0 Å². The number of nitrogens with zero attached hydrogens (tertiary/aromatic N) is 4. The van der Waals surface area contributed by atoms with E-state index in [2.05, 4.69) is 9.55 Å². The molecule has 1 atom stereocenters. The molecule has 0 amide bonds. The fourth-order valence-corrected chi connectivity index (χ4v) is 5.34. The van der Waals surface area contributed by atoms with Gasteiger partial charge in [-0.15, -0.1) is 0 Å². The normalized spacial score (nSPS) is 18.0. The van der Waals surface area contributed by atoms with E-state index in [9.17, 15) is 8.42 Å². The van der Waals surface area contributed by atoms with Crippen molar-refractivity contribution in [1.29, 1.82) is 0 Å². The topological polar surface area (TPSA) is 77.3 Å². The molecule has 7 nitrogen and oxygen atoms in total. The van der Waals surface area contributed by atoms with Gasteiger partial charge in [-0.2, -0.15) is 4.31 Å². The Morgan fingerprint density at radius 3 is 2.71 bits per heavy atom. The molecule has 0 N–H and O–H groups in total. The predicted molar refractivity (Wildman–Crippen MR) is 109 cm³/mol. The van der Waals surface area contributed by atoms with Crippen LogP contribution in [0.3, 0.4) is 0 Å². The number of fused-ring (bicyclic) bond motifs is 1. The van der Waals surface area contributed by atoms with E-state index < -0.39 is 10.0 Å². The van der Waals surface area contributed by atoms with Crippen molar-refractivity contribution in [3.63, 3.8) is 0 Å². The Balaban J connectivity index is 1.76. The molecule has 8 heteroatoms. The second kappa shape index (κ2) is 7.52. The SMILES string of the molecule is CCCS(=O)(=O)N1CC[C@@H](n2c(-c3ccc(OC)cc3)nc3cccnc32)C1. The van der Waals surface area contributed by atoms with Gasteiger partial charge in [0.05, 0.1) is 18.9 Å². The van der Waals surface area contributed by atoms with Gasteiger partial charge in [-0.1, -0.05) is 6.92 Å². The number of ether oxygens (including phenoxy) is 1. The highest BCUT2D eigenvalue weighted by molar-refractivity contribution is 7.89. The summed E-state index contributed by atoms with van der Waals surface area (Å²) in [6.07, 6.45) is 3.11. The third kappa shape index (κ3) is 3.38. The minimum Gasteiger partial charge on any atom is -0.497 e. The molecule has 28 heavy (non-hydrogen) atoms. The van der Waals surface area contributed by atoms with Crippen LogP contribution in [-0.4, -0.2) is 53.2 Å². The molecule has 0 saturated carbocycles. The Morgan fingerprint density at radius 1 is 1.21 bits per heavy atom. The Morgan fingerprint density at radius 2 is 2.00 bits per heavy atom. The van der Waals surface area contributed by atoms with Crippen molar-refractivity contribution < 1.29 is 13.2 Å². The Labute approximate surface area is 165 Å². The molecule has 1 aliphatic rings. The van der Waals surface area contributed by atoms with E-state index in [-0.39, 0.29) is 11.8 Å². The fourth-order valence-electron chi connectivity index (χ4n) is 3.78. The minimum absolute atomic E-state index is 0.00336. The van der Waals surface area contributed by atoms with E-state index >= 15 is 0 Å². The Hall–Kier alpha value is -2.45. The van der Waals surface area contributed by atoms with Crippen LogP contribution in [0.4, 0.5) is 0 Å². The number of methoxy groups -OCH3 is 1. The quantitative estimate of drug-likeness (QED) is 0.635. The molecule has 0 aliphatic carbocycles. The van der Waals surface area contributed by atoms with Crippen molar-refractivity contribution in [2.75, 3.05) is 26.0 Å². The number of hydrogen-bond donors (Lipinski definition) is 0. The number of benzene rings is 1. The first-order chi connectivity index (χ1) is 13.5. The molecule has 1 saturated heterocycles. The number of rotatable bonds is 6. The summed E-state index contributed by atoms with van der Waals surface area (Å²) in [4.78, 5) is 9.34. The second-order valence-corrected chi connectivity index (χ2v) is 9.09. The molecule has 0 unspecified atom stereocenters. The van der Waals surface area contributed by atoms with Gasteiger partial charge >= 0.3 is 0 Å². The molecule has 0 bridgehead atoms. The van der Waals surface area contributed by atoms with E-state index in [1.165, 1.54) is 0 Å². The number of sulfonamides is 1. The molecule has 2 aromatic heterocycles. The zero-order valence-electron chi connectivity index (χ0n) is 16.1. The summed E-state index contributed by atoms with van der Waals surface area (Å²) < 4.78 is 34.0. The van der Waals surface area contributed by atoms with Gasteiger partial charge in [0.1, 0.15) is 17.1 Å². The van der Waals surface area contributed by atoms with Crippen LogP contribution in [0, 0.1) is 0 Å². The first-order valence-corrected chi connectivity index (χ1v) is 11.1. The largest absolute Gasteiger partial charge is 0.497 e. The molecule has 4 rings (SSSR count). The molecule has 0 radical (unpaired) electrons. The number of imidazole rings is 1. The van der Waals surface area contributed by atoms with E-state index in [4.69, 9.17) is 9.72 Å². The average molecular weight is 401 g/mol. The van der Waals surface area contributed by atoms with Crippen LogP contribution in [0.1, 0.15) is 25.8 Å². The van der Waals surface area contributed by atoms with Gasteiger partial charge in [0.15, 0.2) is 5.65 Å². The summed E-state index contributed by atoms with van der Waals surface area (Å²) in [5.74, 6) is 1.77. The first kappa shape index (κ1) is 18.9. The first-order valence-electron chi connectivity index (χ1n) is 9.48. The molecule has 0 spiro atoms. The Bertz CT molecular complexity index is 1080. The summed E-state index contributed by atoms with van der Waals surface area (Å²) in [6.45, 7) is 2.87. The maximum Gasteiger partial charge on any atom is 0.214 e. The summed E-state index contributed by atoms with van der Waals surface area (Å²) >= 11 is 0. The van der Waals surface area contributed by atoms with Gasteiger partial charge in [-0.05, 0) is 49.2 Å².